The zero-order valence-electron chi connectivity index (χ0n) is 19.4. The number of hydrogen-bond acceptors (Lipinski definition) is 3. The molecule has 0 unspecified atom stereocenters. The van der Waals surface area contributed by atoms with Gasteiger partial charge in [-0.1, -0.05) is 90.5 Å². The fourth-order valence-electron chi connectivity index (χ4n) is 3.77. The minimum atomic E-state index is -0.570. The van der Waals surface area contributed by atoms with Crippen LogP contribution in [0.3, 0.4) is 0 Å². The van der Waals surface area contributed by atoms with Gasteiger partial charge in [0.15, 0.2) is 0 Å². The summed E-state index contributed by atoms with van der Waals surface area (Å²) in [4.78, 5) is 28.3. The first-order valence-corrected chi connectivity index (χ1v) is 12.5. The van der Waals surface area contributed by atoms with Crippen LogP contribution in [0.25, 0.3) is 0 Å². The number of benzene rings is 3. The summed E-state index contributed by atoms with van der Waals surface area (Å²) in [5.41, 5.74) is 4.46. The van der Waals surface area contributed by atoms with Crippen molar-refractivity contribution in [3.8, 4) is 0 Å². The van der Waals surface area contributed by atoms with Crippen molar-refractivity contribution in [2.24, 2.45) is 0 Å². The van der Waals surface area contributed by atoms with Gasteiger partial charge in [0.25, 0.3) is 0 Å². The van der Waals surface area contributed by atoms with Crippen LogP contribution < -0.4 is 5.32 Å². The Labute approximate surface area is 201 Å². The molecule has 0 aromatic heterocycles. The van der Waals surface area contributed by atoms with E-state index in [1.54, 1.807) is 16.7 Å². The second-order valence-electron chi connectivity index (χ2n) is 8.09. The maximum Gasteiger partial charge on any atom is 0.243 e. The standard InChI is InChI=1S/C28H32N2O2S/c1-3-29-28(32)26(18-23-12-6-4-7-13-23)30(19-24-14-8-5-9-15-24)27(31)21-33-20-25-16-10-11-22(2)17-25/h4-17,26H,3,18-21H2,1-2H3,(H,29,32)/t26-/m0/s1. The van der Waals surface area contributed by atoms with Crippen molar-refractivity contribution in [1.29, 1.82) is 0 Å². The molecule has 0 bridgehead atoms. The number of nitrogens with one attached hydrogen (secondary N) is 1. The van der Waals surface area contributed by atoms with Crippen molar-refractivity contribution in [3.63, 3.8) is 0 Å². The Bertz CT molecular complexity index is 1020. The molecular weight excluding hydrogens is 428 g/mol. The highest BCUT2D eigenvalue weighted by atomic mass is 32.2. The smallest absolute Gasteiger partial charge is 0.243 e. The number of likely N-dealkylation sites (N-methyl/N-ethyl adjacent to an activating group) is 1. The monoisotopic (exact) mass is 460 g/mol. The van der Waals surface area contributed by atoms with Crippen molar-refractivity contribution in [3.05, 3.63) is 107 Å². The summed E-state index contributed by atoms with van der Waals surface area (Å²) in [6.45, 7) is 4.90. The molecule has 0 aliphatic rings. The molecule has 0 fully saturated rings. The van der Waals surface area contributed by atoms with Crippen LogP contribution in [0.4, 0.5) is 0 Å². The van der Waals surface area contributed by atoms with Gasteiger partial charge in [-0.2, -0.15) is 0 Å². The van der Waals surface area contributed by atoms with E-state index in [-0.39, 0.29) is 11.8 Å². The van der Waals surface area contributed by atoms with E-state index in [1.165, 1.54) is 11.1 Å². The van der Waals surface area contributed by atoms with Gasteiger partial charge in [-0.15, -0.1) is 11.8 Å². The molecule has 172 valence electrons. The molecule has 4 nitrogen and oxygen atoms in total. The molecule has 0 saturated carbocycles. The number of carbonyl (C=O) groups excluding carboxylic acids is 2. The fraction of sp³-hybridized carbons (Fsp3) is 0.286. The highest BCUT2D eigenvalue weighted by Gasteiger charge is 2.29. The van der Waals surface area contributed by atoms with Crippen LogP contribution in [-0.4, -0.2) is 35.1 Å². The van der Waals surface area contributed by atoms with Crippen molar-refractivity contribution < 1.29 is 9.59 Å². The molecule has 2 amide bonds. The predicted molar refractivity (Wildman–Crippen MR) is 137 cm³/mol. The molecule has 5 heteroatoms. The Morgan fingerprint density at radius 1 is 0.879 bits per heavy atom. The maximum absolute atomic E-state index is 13.5. The minimum Gasteiger partial charge on any atom is -0.355 e. The Hall–Kier alpha value is -3.05. The second-order valence-corrected chi connectivity index (χ2v) is 9.07. The van der Waals surface area contributed by atoms with E-state index >= 15 is 0 Å². The lowest BCUT2D eigenvalue weighted by molar-refractivity contribution is -0.139. The molecular formula is C28H32N2O2S. The molecule has 1 N–H and O–H groups in total. The predicted octanol–water partition coefficient (Wildman–Crippen LogP) is 5.00. The van der Waals surface area contributed by atoms with E-state index in [4.69, 9.17) is 0 Å². The van der Waals surface area contributed by atoms with Gasteiger partial charge in [0.1, 0.15) is 6.04 Å². The van der Waals surface area contributed by atoms with Crippen LogP contribution in [0.15, 0.2) is 84.9 Å². The largest absolute Gasteiger partial charge is 0.355 e. The summed E-state index contributed by atoms with van der Waals surface area (Å²) in [5, 5.41) is 2.94. The molecule has 0 aliphatic heterocycles. The zero-order chi connectivity index (χ0) is 23.5. The van der Waals surface area contributed by atoms with Gasteiger partial charge in [0, 0.05) is 25.3 Å². The molecule has 0 aliphatic carbocycles. The Kier molecular flexibility index (Phi) is 9.58. The summed E-state index contributed by atoms with van der Waals surface area (Å²) in [5.74, 6) is 0.945. The lowest BCUT2D eigenvalue weighted by Gasteiger charge is -2.31. The summed E-state index contributed by atoms with van der Waals surface area (Å²) in [6, 6.07) is 27.5. The second kappa shape index (κ2) is 12.9. The van der Waals surface area contributed by atoms with Crippen LogP contribution in [-0.2, 0) is 28.3 Å². The first-order chi connectivity index (χ1) is 16.1. The first kappa shape index (κ1) is 24.6. The van der Waals surface area contributed by atoms with Gasteiger partial charge >= 0.3 is 0 Å². The summed E-state index contributed by atoms with van der Waals surface area (Å²) in [6.07, 6.45) is 0.480. The molecule has 3 aromatic rings. The van der Waals surface area contributed by atoms with Gasteiger partial charge < -0.3 is 10.2 Å². The lowest BCUT2D eigenvalue weighted by atomic mass is 10.0. The Balaban J connectivity index is 1.80. The average molecular weight is 461 g/mol. The normalized spacial score (nSPS) is 11.6. The number of rotatable bonds is 11. The molecule has 33 heavy (non-hydrogen) atoms. The third-order valence-electron chi connectivity index (χ3n) is 5.39. The van der Waals surface area contributed by atoms with E-state index in [2.05, 4.69) is 30.4 Å². The Morgan fingerprint density at radius 3 is 2.15 bits per heavy atom. The number of thioether (sulfide) groups is 1. The fourth-order valence-corrected chi connectivity index (χ4v) is 4.62. The van der Waals surface area contributed by atoms with Crippen molar-refractivity contribution >= 4 is 23.6 Å². The van der Waals surface area contributed by atoms with E-state index in [9.17, 15) is 9.59 Å². The van der Waals surface area contributed by atoms with Crippen molar-refractivity contribution in [1.82, 2.24) is 10.2 Å². The highest BCUT2D eigenvalue weighted by molar-refractivity contribution is 7.99. The zero-order valence-corrected chi connectivity index (χ0v) is 20.2. The third kappa shape index (κ3) is 7.79. The van der Waals surface area contributed by atoms with Crippen LogP contribution in [0.1, 0.15) is 29.2 Å². The summed E-state index contributed by atoms with van der Waals surface area (Å²) in [7, 11) is 0. The van der Waals surface area contributed by atoms with Gasteiger partial charge in [0.05, 0.1) is 5.75 Å². The molecule has 0 saturated heterocycles. The van der Waals surface area contributed by atoms with E-state index in [0.29, 0.717) is 25.3 Å². The summed E-state index contributed by atoms with van der Waals surface area (Å²) < 4.78 is 0. The SMILES string of the molecule is CCNC(=O)[C@H](Cc1ccccc1)N(Cc1ccccc1)C(=O)CSCc1cccc(C)c1. The lowest BCUT2D eigenvalue weighted by Crippen LogP contribution is -2.51. The number of hydrogen-bond donors (Lipinski definition) is 1. The van der Waals surface area contributed by atoms with Gasteiger partial charge in [-0.25, -0.2) is 0 Å². The van der Waals surface area contributed by atoms with Crippen LogP contribution in [0.2, 0.25) is 0 Å². The third-order valence-corrected chi connectivity index (χ3v) is 6.38. The molecule has 0 heterocycles. The van der Waals surface area contributed by atoms with Crippen LogP contribution in [0.5, 0.6) is 0 Å². The molecule has 3 aromatic carbocycles. The first-order valence-electron chi connectivity index (χ1n) is 11.3. The van der Waals surface area contributed by atoms with E-state index < -0.39 is 6.04 Å². The number of aryl methyl sites for hydroxylation is 1. The quantitative estimate of drug-likeness (QED) is 0.438. The maximum atomic E-state index is 13.5. The number of carbonyl (C=O) groups is 2. The molecule has 1 atom stereocenters. The van der Waals surface area contributed by atoms with Gasteiger partial charge in [-0.05, 0) is 30.5 Å². The van der Waals surface area contributed by atoms with Crippen molar-refractivity contribution in [2.45, 2.75) is 38.6 Å². The molecule has 3 rings (SSSR count). The summed E-state index contributed by atoms with van der Waals surface area (Å²) >= 11 is 1.59. The van der Waals surface area contributed by atoms with E-state index in [0.717, 1.165) is 16.9 Å². The van der Waals surface area contributed by atoms with Crippen molar-refractivity contribution in [2.75, 3.05) is 12.3 Å². The number of amides is 2. The van der Waals surface area contributed by atoms with E-state index in [1.807, 2.05) is 73.7 Å². The average Bonchev–Trinajstić information content (AvgIpc) is 2.83. The highest BCUT2D eigenvalue weighted by Crippen LogP contribution is 2.19. The van der Waals surface area contributed by atoms with Gasteiger partial charge in [0.2, 0.25) is 11.8 Å². The van der Waals surface area contributed by atoms with Crippen LogP contribution in [0, 0.1) is 6.92 Å². The molecule has 0 radical (unpaired) electrons. The van der Waals surface area contributed by atoms with Crippen LogP contribution >= 0.6 is 11.8 Å². The topological polar surface area (TPSA) is 49.4 Å². The molecule has 0 spiro atoms. The number of nitrogens with zero attached hydrogens (tertiary/aromatic N) is 1. The minimum absolute atomic E-state index is 0.0244. The Morgan fingerprint density at radius 2 is 1.52 bits per heavy atom. The van der Waals surface area contributed by atoms with Gasteiger partial charge in [-0.3, -0.25) is 9.59 Å².